The molecular formula is C11H17N3O2. The van der Waals surface area contributed by atoms with Crippen LogP contribution in [0.1, 0.15) is 19.8 Å². The van der Waals surface area contributed by atoms with Gasteiger partial charge >= 0.3 is 5.97 Å². The highest BCUT2D eigenvalue weighted by molar-refractivity contribution is 5.78. The number of rotatable bonds is 4. The molecule has 1 aliphatic rings. The van der Waals surface area contributed by atoms with Gasteiger partial charge in [-0.3, -0.25) is 9.69 Å². The molecule has 5 nitrogen and oxygen atoms in total. The van der Waals surface area contributed by atoms with Crippen LogP contribution in [0.5, 0.6) is 0 Å². The van der Waals surface area contributed by atoms with Gasteiger partial charge in [0.05, 0.1) is 6.33 Å². The van der Waals surface area contributed by atoms with Crippen LogP contribution in [-0.2, 0) is 11.3 Å². The second-order valence-corrected chi connectivity index (χ2v) is 4.47. The highest BCUT2D eigenvalue weighted by Crippen LogP contribution is 2.28. The zero-order chi connectivity index (χ0) is 11.6. The van der Waals surface area contributed by atoms with E-state index in [1.165, 1.54) is 0 Å². The van der Waals surface area contributed by atoms with E-state index in [4.69, 9.17) is 0 Å². The predicted octanol–water partition coefficient (Wildman–Crippen LogP) is 0.822. The van der Waals surface area contributed by atoms with Crippen LogP contribution >= 0.6 is 0 Å². The van der Waals surface area contributed by atoms with Gasteiger partial charge in [0, 0.05) is 25.5 Å². The molecular weight excluding hydrogens is 206 g/mol. The lowest BCUT2D eigenvalue weighted by Gasteiger charge is -2.31. The molecule has 0 spiro atoms. The van der Waals surface area contributed by atoms with Crippen LogP contribution in [0.2, 0.25) is 0 Å². The van der Waals surface area contributed by atoms with Gasteiger partial charge in [-0.25, -0.2) is 4.98 Å². The Hall–Kier alpha value is -1.36. The number of nitrogens with zero attached hydrogens (tertiary/aromatic N) is 3. The number of carboxylic acid groups (broad SMARTS) is 1. The summed E-state index contributed by atoms with van der Waals surface area (Å²) in [5, 5.41) is 9.24. The summed E-state index contributed by atoms with van der Waals surface area (Å²) < 4.78 is 1.97. The molecule has 0 radical (unpaired) electrons. The third kappa shape index (κ3) is 1.95. The van der Waals surface area contributed by atoms with Gasteiger partial charge in [-0.05, 0) is 26.3 Å². The molecule has 5 heteroatoms. The number of hydrogen-bond acceptors (Lipinski definition) is 3. The Bertz CT molecular complexity index is 363. The van der Waals surface area contributed by atoms with Crippen molar-refractivity contribution in [3.8, 4) is 0 Å². The molecule has 16 heavy (non-hydrogen) atoms. The Balaban J connectivity index is 1.96. The fourth-order valence-corrected chi connectivity index (χ4v) is 2.27. The monoisotopic (exact) mass is 223 g/mol. The zero-order valence-corrected chi connectivity index (χ0v) is 9.46. The molecule has 0 aromatic carbocycles. The Morgan fingerprint density at radius 1 is 1.56 bits per heavy atom. The second kappa shape index (κ2) is 4.25. The van der Waals surface area contributed by atoms with E-state index in [9.17, 15) is 9.90 Å². The Kier molecular flexibility index (Phi) is 2.96. The van der Waals surface area contributed by atoms with Crippen LogP contribution in [-0.4, -0.2) is 44.2 Å². The van der Waals surface area contributed by atoms with Crippen molar-refractivity contribution in [3.05, 3.63) is 18.7 Å². The minimum atomic E-state index is -0.712. The van der Waals surface area contributed by atoms with Gasteiger partial charge in [0.25, 0.3) is 0 Å². The topological polar surface area (TPSA) is 58.4 Å². The predicted molar refractivity (Wildman–Crippen MR) is 59.1 cm³/mol. The average Bonchev–Trinajstić information content (AvgIpc) is 2.85. The summed E-state index contributed by atoms with van der Waals surface area (Å²) in [5.41, 5.74) is -0.680. The molecule has 1 N–H and O–H groups in total. The van der Waals surface area contributed by atoms with E-state index in [0.29, 0.717) is 0 Å². The summed E-state index contributed by atoms with van der Waals surface area (Å²) in [4.78, 5) is 17.3. The number of imidazole rings is 1. The largest absolute Gasteiger partial charge is 0.480 e. The van der Waals surface area contributed by atoms with Crippen molar-refractivity contribution >= 4 is 5.97 Å². The average molecular weight is 223 g/mol. The SMILES string of the molecule is CC1(C(=O)O)CCCN1CCn1ccnc1. The number of carbonyl (C=O) groups is 1. The zero-order valence-electron chi connectivity index (χ0n) is 9.46. The summed E-state index contributed by atoms with van der Waals surface area (Å²) in [5.74, 6) is -0.712. The minimum Gasteiger partial charge on any atom is -0.480 e. The molecule has 1 aromatic rings. The molecule has 2 heterocycles. The fraction of sp³-hybridized carbons (Fsp3) is 0.636. The first-order valence-electron chi connectivity index (χ1n) is 5.57. The molecule has 2 rings (SSSR count). The van der Waals surface area contributed by atoms with Gasteiger partial charge in [0.15, 0.2) is 0 Å². The molecule has 0 saturated carbocycles. The maximum absolute atomic E-state index is 11.2. The van der Waals surface area contributed by atoms with E-state index < -0.39 is 11.5 Å². The molecule has 1 atom stereocenters. The number of likely N-dealkylation sites (tertiary alicyclic amines) is 1. The number of carboxylic acids is 1. The standard InChI is InChI=1S/C11H17N3O2/c1-11(10(15)16)3-2-5-14(11)8-7-13-6-4-12-9-13/h4,6,9H,2-3,5,7-8H2,1H3,(H,15,16). The van der Waals surface area contributed by atoms with E-state index >= 15 is 0 Å². The highest BCUT2D eigenvalue weighted by atomic mass is 16.4. The van der Waals surface area contributed by atoms with E-state index in [0.717, 1.165) is 32.5 Å². The quantitative estimate of drug-likeness (QED) is 0.821. The number of aromatic nitrogens is 2. The lowest BCUT2D eigenvalue weighted by Crippen LogP contribution is -2.48. The molecule has 1 aromatic heterocycles. The molecule has 0 amide bonds. The van der Waals surface area contributed by atoms with Crippen molar-refractivity contribution in [2.45, 2.75) is 31.8 Å². The molecule has 0 bridgehead atoms. The minimum absolute atomic E-state index is 0.680. The fourth-order valence-electron chi connectivity index (χ4n) is 2.27. The molecule has 1 fully saturated rings. The van der Waals surface area contributed by atoms with Gasteiger partial charge in [0.2, 0.25) is 0 Å². The van der Waals surface area contributed by atoms with E-state index in [1.807, 2.05) is 17.7 Å². The third-order valence-corrected chi connectivity index (χ3v) is 3.44. The van der Waals surface area contributed by atoms with Crippen molar-refractivity contribution in [2.24, 2.45) is 0 Å². The van der Waals surface area contributed by atoms with Crippen molar-refractivity contribution in [3.63, 3.8) is 0 Å². The molecule has 88 valence electrons. The lowest BCUT2D eigenvalue weighted by molar-refractivity contribution is -0.148. The number of hydrogen-bond donors (Lipinski definition) is 1. The Labute approximate surface area is 94.7 Å². The van der Waals surface area contributed by atoms with Crippen molar-refractivity contribution in [1.29, 1.82) is 0 Å². The summed E-state index contributed by atoms with van der Waals surface area (Å²) >= 11 is 0. The van der Waals surface area contributed by atoms with Crippen molar-refractivity contribution < 1.29 is 9.90 Å². The van der Waals surface area contributed by atoms with Crippen molar-refractivity contribution in [1.82, 2.24) is 14.5 Å². The number of aliphatic carboxylic acids is 1. The van der Waals surface area contributed by atoms with Crippen LogP contribution in [0.4, 0.5) is 0 Å². The molecule has 1 saturated heterocycles. The van der Waals surface area contributed by atoms with Crippen LogP contribution < -0.4 is 0 Å². The summed E-state index contributed by atoms with van der Waals surface area (Å²) in [6.07, 6.45) is 7.10. The highest BCUT2D eigenvalue weighted by Gasteiger charge is 2.42. The van der Waals surface area contributed by atoms with Gasteiger partial charge in [0.1, 0.15) is 5.54 Å². The maximum atomic E-state index is 11.2. The van der Waals surface area contributed by atoms with Crippen LogP contribution in [0.15, 0.2) is 18.7 Å². The van der Waals surface area contributed by atoms with Gasteiger partial charge in [-0.1, -0.05) is 0 Å². The molecule has 1 unspecified atom stereocenters. The van der Waals surface area contributed by atoms with Gasteiger partial charge in [-0.15, -0.1) is 0 Å². The normalized spacial score (nSPS) is 26.1. The first kappa shape index (κ1) is 11.1. The summed E-state index contributed by atoms with van der Waals surface area (Å²) in [6, 6.07) is 0. The third-order valence-electron chi connectivity index (χ3n) is 3.44. The second-order valence-electron chi connectivity index (χ2n) is 4.47. The molecule has 0 aliphatic carbocycles. The van der Waals surface area contributed by atoms with Crippen molar-refractivity contribution in [2.75, 3.05) is 13.1 Å². The summed E-state index contributed by atoms with van der Waals surface area (Å²) in [6.45, 7) is 4.25. The molecule has 1 aliphatic heterocycles. The van der Waals surface area contributed by atoms with Gasteiger partial charge < -0.3 is 9.67 Å². The lowest BCUT2D eigenvalue weighted by atomic mass is 9.99. The van der Waals surface area contributed by atoms with E-state index in [-0.39, 0.29) is 0 Å². The Morgan fingerprint density at radius 2 is 2.38 bits per heavy atom. The first-order valence-corrected chi connectivity index (χ1v) is 5.57. The van der Waals surface area contributed by atoms with Crippen LogP contribution in [0.25, 0.3) is 0 Å². The maximum Gasteiger partial charge on any atom is 0.323 e. The summed E-state index contributed by atoms with van der Waals surface area (Å²) in [7, 11) is 0. The van der Waals surface area contributed by atoms with E-state index in [2.05, 4.69) is 9.88 Å². The van der Waals surface area contributed by atoms with E-state index in [1.54, 1.807) is 12.5 Å². The smallest absolute Gasteiger partial charge is 0.323 e. The first-order chi connectivity index (χ1) is 7.63. The van der Waals surface area contributed by atoms with Crippen LogP contribution in [0, 0.1) is 0 Å². The van der Waals surface area contributed by atoms with Gasteiger partial charge in [-0.2, -0.15) is 0 Å². The van der Waals surface area contributed by atoms with Crippen LogP contribution in [0.3, 0.4) is 0 Å². The Morgan fingerprint density at radius 3 is 3.00 bits per heavy atom.